The van der Waals surface area contributed by atoms with Gasteiger partial charge in [-0.3, -0.25) is 14.5 Å². The van der Waals surface area contributed by atoms with Crippen LogP contribution in [0.3, 0.4) is 0 Å². The minimum Gasteiger partial charge on any atom is -0.480 e. The third kappa shape index (κ3) is 2.02. The monoisotopic (exact) mass is 225 g/mol. The highest BCUT2D eigenvalue weighted by atomic mass is 32.1. The number of hydrogen-bond acceptors (Lipinski definition) is 3. The summed E-state index contributed by atoms with van der Waals surface area (Å²) in [5.74, 6) is -0.990. The molecule has 0 saturated carbocycles. The van der Waals surface area contributed by atoms with Crippen LogP contribution >= 0.6 is 11.3 Å². The number of amides is 1. The van der Waals surface area contributed by atoms with Gasteiger partial charge >= 0.3 is 5.97 Å². The molecule has 1 amide bonds. The largest absolute Gasteiger partial charge is 0.480 e. The van der Waals surface area contributed by atoms with Gasteiger partial charge in [0.25, 0.3) is 0 Å². The number of rotatable bonds is 4. The highest BCUT2D eigenvalue weighted by molar-refractivity contribution is 7.16. The predicted molar refractivity (Wildman–Crippen MR) is 57.4 cm³/mol. The molecule has 0 aromatic carbocycles. The number of carbonyl (C=O) groups is 2. The lowest BCUT2D eigenvalue weighted by molar-refractivity contribution is -0.136. The number of aryl methyl sites for hydroxylation is 2. The first-order chi connectivity index (χ1) is 7.20. The summed E-state index contributed by atoms with van der Waals surface area (Å²) in [6.45, 7) is -0.261. The van der Waals surface area contributed by atoms with Gasteiger partial charge in [0.05, 0.1) is 5.00 Å². The number of hydrogen-bond donors (Lipinski definition) is 1. The Morgan fingerprint density at radius 3 is 3.00 bits per heavy atom. The highest BCUT2D eigenvalue weighted by Crippen LogP contribution is 2.35. The molecule has 1 N–H and O–H groups in total. The summed E-state index contributed by atoms with van der Waals surface area (Å²) in [5.41, 5.74) is 1.27. The highest BCUT2D eigenvalue weighted by Gasteiger charge is 2.18. The molecule has 0 bridgehead atoms. The molecule has 1 aromatic rings. The SMILES string of the molecule is O=CN(CC(=O)O)c1cc2c(s1)CCC2. The van der Waals surface area contributed by atoms with E-state index in [4.69, 9.17) is 5.11 Å². The van der Waals surface area contributed by atoms with E-state index in [1.807, 2.05) is 6.07 Å². The second kappa shape index (κ2) is 4.02. The molecule has 1 aromatic heterocycles. The van der Waals surface area contributed by atoms with Crippen LogP contribution in [0.2, 0.25) is 0 Å². The Balaban J connectivity index is 2.19. The van der Waals surface area contributed by atoms with E-state index in [1.165, 1.54) is 33.1 Å². The normalized spacial score (nSPS) is 13.6. The van der Waals surface area contributed by atoms with Gasteiger partial charge in [-0.05, 0) is 30.9 Å². The first-order valence-electron chi connectivity index (χ1n) is 4.76. The van der Waals surface area contributed by atoms with Gasteiger partial charge in [-0.25, -0.2) is 0 Å². The minimum absolute atomic E-state index is 0.261. The smallest absolute Gasteiger partial charge is 0.323 e. The van der Waals surface area contributed by atoms with Crippen LogP contribution in [0.15, 0.2) is 6.07 Å². The summed E-state index contributed by atoms with van der Waals surface area (Å²) in [5, 5.41) is 9.37. The van der Waals surface area contributed by atoms with E-state index in [0.717, 1.165) is 17.8 Å². The molecule has 1 aliphatic carbocycles. The van der Waals surface area contributed by atoms with Crippen molar-refractivity contribution in [3.63, 3.8) is 0 Å². The number of nitrogens with zero attached hydrogens (tertiary/aromatic N) is 1. The van der Waals surface area contributed by atoms with Crippen molar-refractivity contribution in [3.8, 4) is 0 Å². The second-order valence-corrected chi connectivity index (χ2v) is 4.63. The fourth-order valence-electron chi connectivity index (χ4n) is 1.77. The van der Waals surface area contributed by atoms with Gasteiger partial charge < -0.3 is 5.11 Å². The lowest BCUT2D eigenvalue weighted by Gasteiger charge is -2.11. The lowest BCUT2D eigenvalue weighted by atomic mass is 10.3. The van der Waals surface area contributed by atoms with Crippen molar-refractivity contribution in [2.24, 2.45) is 0 Å². The summed E-state index contributed by atoms with van der Waals surface area (Å²) >= 11 is 1.53. The van der Waals surface area contributed by atoms with Gasteiger partial charge in [-0.15, -0.1) is 11.3 Å². The fourth-order valence-corrected chi connectivity index (χ4v) is 2.98. The van der Waals surface area contributed by atoms with Gasteiger partial charge in [-0.1, -0.05) is 0 Å². The first kappa shape index (κ1) is 10.2. The van der Waals surface area contributed by atoms with Gasteiger partial charge in [0.2, 0.25) is 6.41 Å². The topological polar surface area (TPSA) is 57.6 Å². The maximum atomic E-state index is 10.7. The second-order valence-electron chi connectivity index (χ2n) is 3.51. The van der Waals surface area contributed by atoms with Crippen molar-refractivity contribution in [2.45, 2.75) is 19.3 Å². The number of carboxylic acid groups (broad SMARTS) is 1. The van der Waals surface area contributed by atoms with Crippen LogP contribution in [0.1, 0.15) is 16.9 Å². The molecular formula is C10H11NO3S. The van der Waals surface area contributed by atoms with Gasteiger partial charge in [0.1, 0.15) is 6.54 Å². The maximum Gasteiger partial charge on any atom is 0.323 e. The van der Waals surface area contributed by atoms with Gasteiger partial charge in [0, 0.05) is 4.88 Å². The summed E-state index contributed by atoms with van der Waals surface area (Å²) in [6, 6.07) is 1.93. The lowest BCUT2D eigenvalue weighted by Crippen LogP contribution is -2.27. The van der Waals surface area contributed by atoms with E-state index in [2.05, 4.69) is 0 Å². The Hall–Kier alpha value is -1.36. The van der Waals surface area contributed by atoms with Crippen molar-refractivity contribution in [1.29, 1.82) is 0 Å². The molecule has 0 saturated heterocycles. The van der Waals surface area contributed by atoms with Crippen molar-refractivity contribution in [2.75, 3.05) is 11.4 Å². The van der Waals surface area contributed by atoms with E-state index < -0.39 is 5.97 Å². The number of anilines is 1. The van der Waals surface area contributed by atoms with E-state index >= 15 is 0 Å². The molecule has 0 aliphatic heterocycles. The minimum atomic E-state index is -0.990. The van der Waals surface area contributed by atoms with E-state index in [-0.39, 0.29) is 6.54 Å². The molecule has 15 heavy (non-hydrogen) atoms. The van der Waals surface area contributed by atoms with Crippen LogP contribution < -0.4 is 4.90 Å². The van der Waals surface area contributed by atoms with E-state index in [0.29, 0.717) is 6.41 Å². The average molecular weight is 225 g/mol. The Bertz CT molecular complexity index is 378. The zero-order chi connectivity index (χ0) is 10.8. The summed E-state index contributed by atoms with van der Waals surface area (Å²) in [4.78, 5) is 23.8. The molecular weight excluding hydrogens is 214 g/mol. The van der Waals surface area contributed by atoms with E-state index in [1.54, 1.807) is 0 Å². The fraction of sp³-hybridized carbons (Fsp3) is 0.400. The molecule has 0 atom stereocenters. The van der Waals surface area contributed by atoms with Crippen LogP contribution in [-0.4, -0.2) is 24.0 Å². The maximum absolute atomic E-state index is 10.7. The molecule has 1 aliphatic rings. The molecule has 0 spiro atoms. The van der Waals surface area contributed by atoms with Crippen molar-refractivity contribution >= 4 is 28.7 Å². The molecule has 4 nitrogen and oxygen atoms in total. The first-order valence-corrected chi connectivity index (χ1v) is 5.57. The van der Waals surface area contributed by atoms with Crippen molar-refractivity contribution in [1.82, 2.24) is 0 Å². The molecule has 80 valence electrons. The van der Waals surface area contributed by atoms with E-state index in [9.17, 15) is 9.59 Å². The number of thiophene rings is 1. The van der Waals surface area contributed by atoms with Gasteiger partial charge in [-0.2, -0.15) is 0 Å². The molecule has 2 rings (SSSR count). The summed E-state index contributed by atoms with van der Waals surface area (Å²) < 4.78 is 0. The molecule has 0 unspecified atom stereocenters. The number of carbonyl (C=O) groups excluding carboxylic acids is 1. The van der Waals surface area contributed by atoms with Crippen LogP contribution in [0.4, 0.5) is 5.00 Å². The quantitative estimate of drug-likeness (QED) is 0.785. The Morgan fingerprint density at radius 1 is 1.60 bits per heavy atom. The molecule has 0 fully saturated rings. The number of aliphatic carboxylic acids is 1. The third-order valence-electron chi connectivity index (χ3n) is 2.45. The van der Waals surface area contributed by atoms with Crippen LogP contribution in [-0.2, 0) is 22.4 Å². The zero-order valence-electron chi connectivity index (χ0n) is 8.10. The van der Waals surface area contributed by atoms with Gasteiger partial charge in [0.15, 0.2) is 0 Å². The summed E-state index contributed by atoms with van der Waals surface area (Å²) in [6.07, 6.45) is 3.85. The number of carboxylic acids is 1. The zero-order valence-corrected chi connectivity index (χ0v) is 8.92. The van der Waals surface area contributed by atoms with Crippen LogP contribution in [0.5, 0.6) is 0 Å². The Labute approximate surface area is 91.1 Å². The Morgan fingerprint density at radius 2 is 2.40 bits per heavy atom. The standard InChI is InChI=1S/C10H11NO3S/c12-6-11(5-10(13)14)9-4-7-2-1-3-8(7)15-9/h4,6H,1-3,5H2,(H,13,14). The number of fused-ring (bicyclic) bond motifs is 1. The Kier molecular flexibility index (Phi) is 2.73. The average Bonchev–Trinajstić information content (AvgIpc) is 2.72. The van der Waals surface area contributed by atoms with Crippen LogP contribution in [0.25, 0.3) is 0 Å². The van der Waals surface area contributed by atoms with Crippen molar-refractivity contribution < 1.29 is 14.7 Å². The molecule has 1 heterocycles. The third-order valence-corrected chi connectivity index (χ3v) is 3.72. The molecule has 0 radical (unpaired) electrons. The molecule has 5 heteroatoms. The predicted octanol–water partition coefficient (Wildman–Crippen LogP) is 1.28. The van der Waals surface area contributed by atoms with Crippen molar-refractivity contribution in [3.05, 3.63) is 16.5 Å². The van der Waals surface area contributed by atoms with Crippen LogP contribution in [0, 0.1) is 0 Å². The summed E-state index contributed by atoms with van der Waals surface area (Å²) in [7, 11) is 0.